The fourth-order valence-corrected chi connectivity index (χ4v) is 3.29. The van der Waals surface area contributed by atoms with Crippen LogP contribution in [0, 0.1) is 11.8 Å². The maximum Gasteiger partial charge on any atom is 0.0446 e. The zero-order valence-corrected chi connectivity index (χ0v) is 12.6. The van der Waals surface area contributed by atoms with Crippen LogP contribution in [0.1, 0.15) is 31.2 Å². The van der Waals surface area contributed by atoms with E-state index in [2.05, 4.69) is 41.3 Å². The average molecular weight is 280 g/mol. The largest absolute Gasteiger partial charge is 0.370 e. The van der Waals surface area contributed by atoms with Crippen LogP contribution >= 0.6 is 0 Å². The van der Waals surface area contributed by atoms with Crippen LogP contribution in [0.2, 0.25) is 0 Å². The van der Waals surface area contributed by atoms with Crippen molar-refractivity contribution in [3.05, 3.63) is 42.0 Å². The zero-order chi connectivity index (χ0) is 14.2. The summed E-state index contributed by atoms with van der Waals surface area (Å²) in [5.74, 6) is 1.85. The van der Waals surface area contributed by atoms with Crippen molar-refractivity contribution in [3.63, 3.8) is 0 Å². The van der Waals surface area contributed by atoms with Crippen LogP contribution < -0.4 is 10.6 Å². The number of anilines is 1. The summed E-state index contributed by atoms with van der Waals surface area (Å²) in [6.07, 6.45) is 5.67. The monoisotopic (exact) mass is 280 g/mol. The van der Waals surface area contributed by atoms with Gasteiger partial charge in [0.05, 0.1) is 0 Å². The molecule has 2 fully saturated rings. The Balaban J connectivity index is 1.75. The molecule has 0 radical (unpaired) electrons. The van der Waals surface area contributed by atoms with E-state index >= 15 is 0 Å². The van der Waals surface area contributed by atoms with E-state index in [1.54, 1.807) is 0 Å². The molecule has 0 atom stereocenters. The third kappa shape index (κ3) is 2.77. The van der Waals surface area contributed by atoms with Crippen LogP contribution in [0.25, 0.3) is 10.8 Å². The molecule has 2 saturated carbocycles. The Kier molecular flexibility index (Phi) is 3.34. The molecule has 2 aromatic carbocycles. The molecule has 4 rings (SSSR count). The van der Waals surface area contributed by atoms with E-state index in [0.717, 1.165) is 11.8 Å². The van der Waals surface area contributed by atoms with Gasteiger partial charge in [-0.2, -0.15) is 0 Å². The minimum Gasteiger partial charge on any atom is -0.370 e. The van der Waals surface area contributed by atoms with E-state index in [-0.39, 0.29) is 0 Å². The molecule has 0 spiro atoms. The predicted octanol–water partition coefficient (Wildman–Crippen LogP) is 3.92. The summed E-state index contributed by atoms with van der Waals surface area (Å²) < 4.78 is 0. The fourth-order valence-electron chi connectivity index (χ4n) is 3.29. The van der Waals surface area contributed by atoms with Gasteiger partial charge in [-0.3, -0.25) is 0 Å². The summed E-state index contributed by atoms with van der Waals surface area (Å²) in [5, 5.41) is 2.70. The minimum atomic E-state index is 0.617. The lowest BCUT2D eigenvalue weighted by atomic mass is 10.0. The smallest absolute Gasteiger partial charge is 0.0446 e. The lowest BCUT2D eigenvalue weighted by Gasteiger charge is -2.27. The molecule has 2 N–H and O–H groups in total. The van der Waals surface area contributed by atoms with E-state index in [4.69, 9.17) is 5.73 Å². The highest BCUT2D eigenvalue weighted by molar-refractivity contribution is 5.96. The van der Waals surface area contributed by atoms with Crippen LogP contribution in [0.5, 0.6) is 0 Å². The molecule has 2 nitrogen and oxygen atoms in total. The summed E-state index contributed by atoms with van der Waals surface area (Å²) >= 11 is 0. The summed E-state index contributed by atoms with van der Waals surface area (Å²) in [5.41, 5.74) is 8.58. The molecule has 0 heterocycles. The number of nitrogens with zero attached hydrogens (tertiary/aromatic N) is 1. The van der Waals surface area contributed by atoms with Crippen molar-refractivity contribution in [2.75, 3.05) is 18.0 Å². The van der Waals surface area contributed by atoms with Gasteiger partial charge in [-0.05, 0) is 54.5 Å². The van der Waals surface area contributed by atoms with Gasteiger partial charge < -0.3 is 10.6 Å². The number of hydrogen-bond acceptors (Lipinski definition) is 2. The first-order chi connectivity index (χ1) is 10.3. The van der Waals surface area contributed by atoms with Crippen molar-refractivity contribution in [2.24, 2.45) is 17.6 Å². The highest BCUT2D eigenvalue weighted by atomic mass is 15.1. The van der Waals surface area contributed by atoms with Gasteiger partial charge in [0.1, 0.15) is 0 Å². The fraction of sp³-hybridized carbons (Fsp3) is 0.474. The number of rotatable bonds is 6. The zero-order valence-electron chi connectivity index (χ0n) is 12.6. The lowest BCUT2D eigenvalue weighted by molar-refractivity contribution is 0.681. The molecule has 0 saturated heterocycles. The second kappa shape index (κ2) is 5.34. The van der Waals surface area contributed by atoms with Gasteiger partial charge in [0.25, 0.3) is 0 Å². The van der Waals surface area contributed by atoms with Gasteiger partial charge in [0.2, 0.25) is 0 Å². The van der Waals surface area contributed by atoms with Gasteiger partial charge in [-0.25, -0.2) is 0 Å². The van der Waals surface area contributed by atoms with Crippen LogP contribution in [-0.2, 0) is 6.54 Å². The average Bonchev–Trinajstić information content (AvgIpc) is 3.41. The van der Waals surface area contributed by atoms with Crippen molar-refractivity contribution >= 4 is 16.5 Å². The maximum atomic E-state index is 5.91. The molecule has 0 amide bonds. The quantitative estimate of drug-likeness (QED) is 0.869. The first kappa shape index (κ1) is 13.1. The Bertz CT molecular complexity index is 627. The van der Waals surface area contributed by atoms with Crippen molar-refractivity contribution in [3.8, 4) is 0 Å². The molecule has 2 aliphatic carbocycles. The summed E-state index contributed by atoms with van der Waals surface area (Å²) in [6.45, 7) is 3.09. The van der Waals surface area contributed by atoms with E-state index in [1.807, 2.05) is 0 Å². The molecule has 0 unspecified atom stereocenters. The molecule has 21 heavy (non-hydrogen) atoms. The number of nitrogens with two attached hydrogens (primary N) is 1. The second-order valence-corrected chi connectivity index (χ2v) is 6.79. The van der Waals surface area contributed by atoms with Gasteiger partial charge in [0.15, 0.2) is 0 Å². The molecule has 2 aliphatic rings. The topological polar surface area (TPSA) is 29.3 Å². The predicted molar refractivity (Wildman–Crippen MR) is 89.5 cm³/mol. The standard InChI is InChI=1S/C19H24N2/c20-11-16-9-10-19(18-4-2-1-3-17(16)18)21(12-14-5-6-14)13-15-7-8-15/h1-4,9-10,14-15H,5-8,11-13,20H2. The van der Waals surface area contributed by atoms with Gasteiger partial charge in [-0.15, -0.1) is 0 Å². The maximum absolute atomic E-state index is 5.91. The Morgan fingerprint density at radius 2 is 1.48 bits per heavy atom. The SMILES string of the molecule is NCc1ccc(N(CC2CC2)CC2CC2)c2ccccc12. The van der Waals surface area contributed by atoms with Gasteiger partial charge in [0, 0.05) is 30.7 Å². The molecule has 0 bridgehead atoms. The summed E-state index contributed by atoms with van der Waals surface area (Å²) in [4.78, 5) is 2.65. The third-order valence-corrected chi connectivity index (χ3v) is 4.90. The lowest BCUT2D eigenvalue weighted by Crippen LogP contribution is -2.28. The Labute approximate surface area is 126 Å². The molecular formula is C19H24N2. The van der Waals surface area contributed by atoms with Crippen molar-refractivity contribution in [1.29, 1.82) is 0 Å². The van der Waals surface area contributed by atoms with Crippen LogP contribution in [-0.4, -0.2) is 13.1 Å². The molecule has 0 aromatic heterocycles. The molecule has 2 heteroatoms. The van der Waals surface area contributed by atoms with Gasteiger partial charge in [-0.1, -0.05) is 30.3 Å². The van der Waals surface area contributed by atoms with Crippen molar-refractivity contribution in [1.82, 2.24) is 0 Å². The molecular weight excluding hydrogens is 256 g/mol. The molecule has 110 valence electrons. The van der Waals surface area contributed by atoms with E-state index in [1.165, 1.54) is 60.8 Å². The summed E-state index contributed by atoms with van der Waals surface area (Å²) in [6, 6.07) is 13.3. The van der Waals surface area contributed by atoms with Crippen molar-refractivity contribution < 1.29 is 0 Å². The highest BCUT2D eigenvalue weighted by Gasteiger charge is 2.30. The number of benzene rings is 2. The Hall–Kier alpha value is -1.54. The van der Waals surface area contributed by atoms with Gasteiger partial charge >= 0.3 is 0 Å². The minimum absolute atomic E-state index is 0.617. The van der Waals surface area contributed by atoms with Crippen LogP contribution in [0.15, 0.2) is 36.4 Å². The van der Waals surface area contributed by atoms with Crippen LogP contribution in [0.3, 0.4) is 0 Å². The molecule has 2 aromatic rings. The van der Waals surface area contributed by atoms with Crippen molar-refractivity contribution in [2.45, 2.75) is 32.2 Å². The Morgan fingerprint density at radius 3 is 2.05 bits per heavy atom. The first-order valence-electron chi connectivity index (χ1n) is 8.31. The number of hydrogen-bond donors (Lipinski definition) is 1. The number of fused-ring (bicyclic) bond motifs is 1. The second-order valence-electron chi connectivity index (χ2n) is 6.79. The van der Waals surface area contributed by atoms with E-state index in [0.29, 0.717) is 6.54 Å². The normalized spacial score (nSPS) is 18.1. The Morgan fingerprint density at radius 1 is 0.857 bits per heavy atom. The highest BCUT2D eigenvalue weighted by Crippen LogP contribution is 2.38. The summed E-state index contributed by atoms with van der Waals surface area (Å²) in [7, 11) is 0. The van der Waals surface area contributed by atoms with E-state index in [9.17, 15) is 0 Å². The third-order valence-electron chi connectivity index (χ3n) is 4.90. The van der Waals surface area contributed by atoms with E-state index < -0.39 is 0 Å². The first-order valence-corrected chi connectivity index (χ1v) is 8.31. The van der Waals surface area contributed by atoms with Crippen LogP contribution in [0.4, 0.5) is 5.69 Å². The molecule has 0 aliphatic heterocycles.